The summed E-state index contributed by atoms with van der Waals surface area (Å²) in [6.07, 6.45) is 0. The van der Waals surface area contributed by atoms with Crippen molar-refractivity contribution in [2.24, 2.45) is 0 Å². The van der Waals surface area contributed by atoms with Gasteiger partial charge in [0.1, 0.15) is 5.75 Å². The predicted molar refractivity (Wildman–Crippen MR) is 101 cm³/mol. The van der Waals surface area contributed by atoms with Crippen LogP contribution in [0.1, 0.15) is 21.5 Å². The van der Waals surface area contributed by atoms with Crippen molar-refractivity contribution < 1.29 is 23.9 Å². The Kier molecular flexibility index (Phi) is 6.41. The third-order valence-corrected chi connectivity index (χ3v) is 4.22. The van der Waals surface area contributed by atoms with Crippen LogP contribution in [0.2, 0.25) is 0 Å². The number of amides is 1. The van der Waals surface area contributed by atoms with Crippen molar-refractivity contribution in [1.82, 2.24) is 5.32 Å². The Hall–Kier alpha value is -3.17. The molecule has 0 unspecified atom stereocenters. The summed E-state index contributed by atoms with van der Waals surface area (Å²) in [5.74, 6) is 0.345. The Morgan fingerprint density at radius 2 is 2.14 bits per heavy atom. The van der Waals surface area contributed by atoms with Gasteiger partial charge >= 0.3 is 0 Å². The largest absolute Gasteiger partial charge is 0.467 e. The molecule has 1 aliphatic heterocycles. The lowest BCUT2D eigenvalue weighted by Gasteiger charge is -2.21. The fourth-order valence-electron chi connectivity index (χ4n) is 2.91. The molecule has 0 bridgehead atoms. The number of nitrogens with zero attached hydrogens (tertiary/aromatic N) is 1. The summed E-state index contributed by atoms with van der Waals surface area (Å²) >= 11 is 0. The number of carbonyl (C=O) groups excluding carboxylic acids is 1. The van der Waals surface area contributed by atoms with Gasteiger partial charge in [0.25, 0.3) is 11.6 Å². The molecule has 148 valence electrons. The first-order valence-electron chi connectivity index (χ1n) is 8.71. The number of para-hydroxylation sites is 1. The molecular weight excluding hydrogens is 366 g/mol. The molecule has 0 spiro atoms. The topological polar surface area (TPSA) is 112 Å². The maximum absolute atomic E-state index is 12.4. The number of hydrogen-bond donors (Lipinski definition) is 2. The molecule has 28 heavy (non-hydrogen) atoms. The molecule has 9 nitrogen and oxygen atoms in total. The van der Waals surface area contributed by atoms with Gasteiger partial charge in [-0.15, -0.1) is 0 Å². The van der Waals surface area contributed by atoms with Crippen LogP contribution in [0, 0.1) is 10.1 Å². The lowest BCUT2D eigenvalue weighted by atomic mass is 10.1. The van der Waals surface area contributed by atoms with Crippen LogP contribution in [0.4, 0.5) is 11.4 Å². The van der Waals surface area contributed by atoms with Crippen LogP contribution in [0.5, 0.6) is 5.75 Å². The Morgan fingerprint density at radius 1 is 1.32 bits per heavy atom. The number of rotatable bonds is 8. The molecule has 0 saturated heterocycles. The van der Waals surface area contributed by atoms with Crippen LogP contribution in [-0.2, 0) is 22.6 Å². The zero-order valence-corrected chi connectivity index (χ0v) is 15.4. The van der Waals surface area contributed by atoms with E-state index >= 15 is 0 Å². The number of methoxy groups -OCH3 is 1. The van der Waals surface area contributed by atoms with Crippen LogP contribution in [0.3, 0.4) is 0 Å². The monoisotopic (exact) mass is 387 g/mol. The van der Waals surface area contributed by atoms with Crippen LogP contribution in [0.15, 0.2) is 36.4 Å². The summed E-state index contributed by atoms with van der Waals surface area (Å²) in [6, 6.07) is 9.98. The number of non-ortho nitro benzene ring substituents is 1. The highest BCUT2D eigenvalue weighted by Gasteiger charge is 2.21. The highest BCUT2D eigenvalue weighted by molar-refractivity contribution is 5.99. The van der Waals surface area contributed by atoms with E-state index < -0.39 is 4.92 Å². The zero-order valence-electron chi connectivity index (χ0n) is 15.4. The standard InChI is InChI=1S/C19H21N3O6/c1-26-7-6-20-19(23)16-4-2-3-5-17(16)21-10-13-8-15(22(24)25)9-14-11-27-12-28-18(13)14/h2-5,8-9,21H,6-7,10-12H2,1H3,(H,20,23). The normalized spacial score (nSPS) is 12.6. The van der Waals surface area contributed by atoms with Gasteiger partial charge in [0.2, 0.25) is 0 Å². The Labute approximate surface area is 161 Å². The first-order valence-corrected chi connectivity index (χ1v) is 8.71. The van der Waals surface area contributed by atoms with Crippen molar-refractivity contribution >= 4 is 17.3 Å². The van der Waals surface area contributed by atoms with E-state index in [0.717, 1.165) is 0 Å². The lowest BCUT2D eigenvalue weighted by Crippen LogP contribution is -2.27. The van der Waals surface area contributed by atoms with Crippen molar-refractivity contribution in [3.8, 4) is 5.75 Å². The zero-order chi connectivity index (χ0) is 19.9. The van der Waals surface area contributed by atoms with Gasteiger partial charge in [0.05, 0.1) is 23.7 Å². The number of benzene rings is 2. The molecular formula is C19H21N3O6. The maximum atomic E-state index is 12.4. The average molecular weight is 387 g/mol. The van der Waals surface area contributed by atoms with Gasteiger partial charge < -0.3 is 24.8 Å². The Morgan fingerprint density at radius 3 is 2.93 bits per heavy atom. The summed E-state index contributed by atoms with van der Waals surface area (Å²) in [5, 5.41) is 17.2. The molecule has 0 saturated carbocycles. The number of nitro groups is 1. The Balaban J connectivity index is 1.80. The summed E-state index contributed by atoms with van der Waals surface area (Å²) in [4.78, 5) is 23.2. The molecule has 0 radical (unpaired) electrons. The third-order valence-electron chi connectivity index (χ3n) is 4.22. The summed E-state index contributed by atoms with van der Waals surface area (Å²) < 4.78 is 15.7. The van der Waals surface area contributed by atoms with Gasteiger partial charge in [0.15, 0.2) is 6.79 Å². The number of fused-ring (bicyclic) bond motifs is 1. The van der Waals surface area contributed by atoms with E-state index in [2.05, 4.69) is 10.6 Å². The van der Waals surface area contributed by atoms with Crippen molar-refractivity contribution in [3.05, 3.63) is 63.2 Å². The van der Waals surface area contributed by atoms with Crippen LogP contribution in [0.25, 0.3) is 0 Å². The summed E-state index contributed by atoms with van der Waals surface area (Å²) in [6.45, 7) is 1.42. The molecule has 0 aliphatic carbocycles. The number of ether oxygens (including phenoxy) is 3. The first kappa shape index (κ1) is 19.6. The van der Waals surface area contributed by atoms with E-state index in [1.807, 2.05) is 6.07 Å². The van der Waals surface area contributed by atoms with E-state index in [9.17, 15) is 14.9 Å². The second-order valence-corrected chi connectivity index (χ2v) is 6.11. The van der Waals surface area contributed by atoms with Gasteiger partial charge in [-0.2, -0.15) is 0 Å². The van der Waals surface area contributed by atoms with Crippen LogP contribution >= 0.6 is 0 Å². The molecule has 2 aromatic rings. The van der Waals surface area contributed by atoms with Crippen LogP contribution < -0.4 is 15.4 Å². The van der Waals surface area contributed by atoms with Crippen molar-refractivity contribution in [3.63, 3.8) is 0 Å². The van der Waals surface area contributed by atoms with E-state index in [4.69, 9.17) is 14.2 Å². The van der Waals surface area contributed by atoms with Crippen LogP contribution in [-0.4, -0.2) is 37.9 Å². The molecule has 1 aliphatic rings. The average Bonchev–Trinajstić information content (AvgIpc) is 2.72. The minimum Gasteiger partial charge on any atom is -0.467 e. The fraction of sp³-hybridized carbons (Fsp3) is 0.316. The first-order chi connectivity index (χ1) is 13.6. The SMILES string of the molecule is COCCNC(=O)c1ccccc1NCc1cc([N+](=O)[O-])cc2c1OCOC2. The number of hydrogen-bond acceptors (Lipinski definition) is 7. The highest BCUT2D eigenvalue weighted by Crippen LogP contribution is 2.33. The van der Waals surface area contributed by atoms with E-state index in [-0.39, 0.29) is 31.5 Å². The quantitative estimate of drug-likeness (QED) is 0.406. The van der Waals surface area contributed by atoms with Crippen molar-refractivity contribution in [1.29, 1.82) is 0 Å². The van der Waals surface area contributed by atoms with E-state index in [1.54, 1.807) is 25.3 Å². The summed E-state index contributed by atoms with van der Waals surface area (Å²) in [7, 11) is 1.56. The number of nitrogens with one attached hydrogen (secondary N) is 2. The van der Waals surface area contributed by atoms with Gasteiger partial charge in [0, 0.05) is 49.1 Å². The molecule has 2 aromatic carbocycles. The number of carbonyl (C=O) groups is 1. The molecule has 0 fully saturated rings. The second-order valence-electron chi connectivity index (χ2n) is 6.11. The molecule has 1 amide bonds. The van der Waals surface area contributed by atoms with Gasteiger partial charge in [-0.1, -0.05) is 12.1 Å². The smallest absolute Gasteiger partial charge is 0.270 e. The maximum Gasteiger partial charge on any atom is 0.270 e. The van der Waals surface area contributed by atoms with Crippen molar-refractivity contribution in [2.75, 3.05) is 32.4 Å². The molecule has 2 N–H and O–H groups in total. The minimum atomic E-state index is -0.449. The van der Waals surface area contributed by atoms with Gasteiger partial charge in [-0.3, -0.25) is 14.9 Å². The summed E-state index contributed by atoms with van der Waals surface area (Å²) in [5.41, 5.74) is 2.31. The lowest BCUT2D eigenvalue weighted by molar-refractivity contribution is -0.385. The van der Waals surface area contributed by atoms with E-state index in [0.29, 0.717) is 41.3 Å². The predicted octanol–water partition coefficient (Wildman–Crippen LogP) is 2.45. The van der Waals surface area contributed by atoms with Gasteiger partial charge in [-0.05, 0) is 12.1 Å². The van der Waals surface area contributed by atoms with Gasteiger partial charge in [-0.25, -0.2) is 0 Å². The third kappa shape index (κ3) is 4.56. The van der Waals surface area contributed by atoms with Crippen molar-refractivity contribution in [2.45, 2.75) is 13.2 Å². The molecule has 9 heteroatoms. The minimum absolute atomic E-state index is 0.0322. The van der Waals surface area contributed by atoms with E-state index in [1.165, 1.54) is 12.1 Å². The highest BCUT2D eigenvalue weighted by atomic mass is 16.7. The number of anilines is 1. The Bertz CT molecular complexity index is 871. The fourth-order valence-corrected chi connectivity index (χ4v) is 2.91. The molecule has 0 aromatic heterocycles. The molecule has 3 rings (SSSR count). The second kappa shape index (κ2) is 9.16. The number of nitro benzene ring substituents is 1. The molecule has 1 heterocycles. The molecule has 0 atom stereocenters.